The van der Waals surface area contributed by atoms with Crippen LogP contribution in [0.15, 0.2) is 17.1 Å². The van der Waals surface area contributed by atoms with Crippen molar-refractivity contribution in [3.8, 4) is 0 Å². The first-order valence-corrected chi connectivity index (χ1v) is 6.00. The Morgan fingerprint density at radius 1 is 1.47 bits per heavy atom. The van der Waals surface area contributed by atoms with E-state index in [2.05, 4.69) is 0 Å². The van der Waals surface area contributed by atoms with E-state index in [0.717, 1.165) is 0 Å². The Morgan fingerprint density at radius 3 is 2.53 bits per heavy atom. The summed E-state index contributed by atoms with van der Waals surface area (Å²) >= 11 is 0. The van der Waals surface area contributed by atoms with Crippen LogP contribution in [0.25, 0.3) is 0 Å². The molecule has 0 saturated carbocycles. The second-order valence-corrected chi connectivity index (χ2v) is 4.43. The van der Waals surface area contributed by atoms with Crippen molar-refractivity contribution in [2.45, 2.75) is 26.8 Å². The first kappa shape index (κ1) is 14.9. The molecule has 0 bridgehead atoms. The van der Waals surface area contributed by atoms with Crippen molar-refractivity contribution in [2.24, 2.45) is 0 Å². The van der Waals surface area contributed by atoms with E-state index in [9.17, 15) is 14.4 Å². The molecular weight excluding hydrogens is 248 g/mol. The maximum atomic E-state index is 12.1. The fourth-order valence-electron chi connectivity index (χ4n) is 1.82. The fraction of sp³-hybridized carbons (Fsp3) is 0.462. The Bertz CT molecular complexity index is 562. The lowest BCUT2D eigenvalue weighted by molar-refractivity contribution is -0.132. The second kappa shape index (κ2) is 5.69. The van der Waals surface area contributed by atoms with Crippen LogP contribution in [-0.4, -0.2) is 40.0 Å². The van der Waals surface area contributed by atoms with Crippen molar-refractivity contribution >= 4 is 11.9 Å². The van der Waals surface area contributed by atoms with E-state index < -0.39 is 17.4 Å². The first-order chi connectivity index (χ1) is 8.79. The van der Waals surface area contributed by atoms with Crippen molar-refractivity contribution < 1.29 is 14.7 Å². The molecule has 6 nitrogen and oxygen atoms in total. The van der Waals surface area contributed by atoms with Gasteiger partial charge in [0.05, 0.1) is 0 Å². The number of hydrogen-bond acceptors (Lipinski definition) is 3. The van der Waals surface area contributed by atoms with E-state index in [1.165, 1.54) is 16.8 Å². The van der Waals surface area contributed by atoms with Crippen LogP contribution in [0.4, 0.5) is 0 Å². The summed E-state index contributed by atoms with van der Waals surface area (Å²) in [6.07, 6.45) is 1.23. The van der Waals surface area contributed by atoms with Gasteiger partial charge < -0.3 is 14.6 Å². The Kier molecular flexibility index (Phi) is 4.47. The van der Waals surface area contributed by atoms with E-state index in [1.54, 1.807) is 25.8 Å². The summed E-state index contributed by atoms with van der Waals surface area (Å²) < 4.78 is 1.51. The van der Waals surface area contributed by atoms with Crippen LogP contribution in [0.2, 0.25) is 0 Å². The summed E-state index contributed by atoms with van der Waals surface area (Å²) in [6, 6.07) is 0.683. The van der Waals surface area contributed by atoms with E-state index >= 15 is 0 Å². The average molecular weight is 266 g/mol. The van der Waals surface area contributed by atoms with Crippen LogP contribution in [0.5, 0.6) is 0 Å². The zero-order chi connectivity index (χ0) is 14.7. The predicted octanol–water partition coefficient (Wildman–Crippen LogP) is 0.894. The maximum Gasteiger partial charge on any atom is 0.341 e. The van der Waals surface area contributed by atoms with Gasteiger partial charge in [0.15, 0.2) is 5.43 Å². The largest absolute Gasteiger partial charge is 0.477 e. The van der Waals surface area contributed by atoms with Crippen LogP contribution in [0.1, 0.15) is 35.9 Å². The van der Waals surface area contributed by atoms with Gasteiger partial charge in [0.2, 0.25) is 5.91 Å². The zero-order valence-corrected chi connectivity index (χ0v) is 11.5. The third kappa shape index (κ3) is 3.01. The Morgan fingerprint density at radius 2 is 2.05 bits per heavy atom. The van der Waals surface area contributed by atoms with Crippen molar-refractivity contribution in [3.63, 3.8) is 0 Å². The van der Waals surface area contributed by atoms with Crippen molar-refractivity contribution in [1.29, 1.82) is 0 Å². The highest BCUT2D eigenvalue weighted by Crippen LogP contribution is 2.12. The highest BCUT2D eigenvalue weighted by molar-refractivity contribution is 5.87. The number of hydrogen-bond donors (Lipinski definition) is 1. The second-order valence-electron chi connectivity index (χ2n) is 4.43. The number of carbonyl (C=O) groups excluding carboxylic acids is 1. The van der Waals surface area contributed by atoms with Crippen LogP contribution in [0, 0.1) is 6.92 Å². The number of pyridine rings is 1. The molecule has 1 aromatic rings. The molecule has 1 amide bonds. The summed E-state index contributed by atoms with van der Waals surface area (Å²) in [7, 11) is 1.68. The maximum absolute atomic E-state index is 12.1. The molecular formula is C13H18N2O4. The minimum Gasteiger partial charge on any atom is -0.477 e. The summed E-state index contributed by atoms with van der Waals surface area (Å²) in [5.74, 6) is -1.42. The van der Waals surface area contributed by atoms with Gasteiger partial charge in [-0.1, -0.05) is 0 Å². The molecule has 1 heterocycles. The number of likely N-dealkylation sites (N-methyl/N-ethyl adjacent to an activating group) is 1. The molecule has 0 fully saturated rings. The summed E-state index contributed by atoms with van der Waals surface area (Å²) in [5.41, 5.74) is -0.325. The first-order valence-electron chi connectivity index (χ1n) is 6.00. The number of rotatable bonds is 4. The zero-order valence-electron chi connectivity index (χ0n) is 11.5. The number of carbonyl (C=O) groups is 2. The molecule has 0 radical (unpaired) electrons. The van der Waals surface area contributed by atoms with Crippen LogP contribution < -0.4 is 5.43 Å². The van der Waals surface area contributed by atoms with Gasteiger partial charge in [0.1, 0.15) is 11.6 Å². The Labute approximate surface area is 111 Å². The smallest absolute Gasteiger partial charge is 0.341 e. The van der Waals surface area contributed by atoms with Gasteiger partial charge in [0, 0.05) is 31.5 Å². The van der Waals surface area contributed by atoms with Crippen LogP contribution in [-0.2, 0) is 4.79 Å². The van der Waals surface area contributed by atoms with Crippen LogP contribution >= 0.6 is 0 Å². The minimum atomic E-state index is -1.29. The van der Waals surface area contributed by atoms with Gasteiger partial charge in [-0.05, 0) is 20.8 Å². The topological polar surface area (TPSA) is 79.6 Å². The average Bonchev–Trinajstić information content (AvgIpc) is 2.35. The third-order valence-electron chi connectivity index (χ3n) is 3.14. The molecule has 1 rings (SSSR count). The molecule has 19 heavy (non-hydrogen) atoms. The van der Waals surface area contributed by atoms with E-state index in [-0.39, 0.29) is 11.5 Å². The van der Waals surface area contributed by atoms with Crippen LogP contribution in [0.3, 0.4) is 0 Å². The van der Waals surface area contributed by atoms with Gasteiger partial charge in [0.25, 0.3) is 0 Å². The lowest BCUT2D eigenvalue weighted by atomic mass is 10.2. The number of aromatic nitrogens is 1. The summed E-state index contributed by atoms with van der Waals surface area (Å²) in [5, 5.41) is 8.95. The third-order valence-corrected chi connectivity index (χ3v) is 3.14. The molecule has 1 N–H and O–H groups in total. The summed E-state index contributed by atoms with van der Waals surface area (Å²) in [6.45, 7) is 5.76. The highest BCUT2D eigenvalue weighted by Gasteiger charge is 2.20. The van der Waals surface area contributed by atoms with E-state index in [0.29, 0.717) is 12.2 Å². The number of aryl methyl sites for hydroxylation is 1. The lowest BCUT2D eigenvalue weighted by Gasteiger charge is -2.23. The molecule has 0 aliphatic heterocycles. The fourth-order valence-corrected chi connectivity index (χ4v) is 1.82. The SMILES string of the molecule is CCN(C)C(=O)C(C)n1cc(C(=O)O)c(=O)cc1C. The number of amides is 1. The number of carboxylic acids is 1. The molecule has 1 unspecified atom stereocenters. The van der Waals surface area contributed by atoms with Gasteiger partial charge in [-0.3, -0.25) is 9.59 Å². The van der Waals surface area contributed by atoms with Gasteiger partial charge in [-0.25, -0.2) is 4.79 Å². The summed E-state index contributed by atoms with van der Waals surface area (Å²) in [4.78, 5) is 36.1. The molecule has 1 atom stereocenters. The van der Waals surface area contributed by atoms with Crippen molar-refractivity contribution in [3.05, 3.63) is 33.7 Å². The van der Waals surface area contributed by atoms with Crippen molar-refractivity contribution in [2.75, 3.05) is 13.6 Å². The quantitative estimate of drug-likeness (QED) is 0.877. The molecule has 104 valence electrons. The standard InChI is InChI=1S/C13H18N2O4/c1-5-14(4)12(17)9(3)15-7-10(13(18)19)11(16)6-8(15)2/h6-7,9H,5H2,1-4H3,(H,18,19). The monoisotopic (exact) mass is 266 g/mol. The normalized spacial score (nSPS) is 12.0. The lowest BCUT2D eigenvalue weighted by Crippen LogP contribution is -2.34. The molecule has 0 saturated heterocycles. The van der Waals surface area contributed by atoms with Gasteiger partial charge in [-0.15, -0.1) is 0 Å². The highest BCUT2D eigenvalue weighted by atomic mass is 16.4. The van der Waals surface area contributed by atoms with Gasteiger partial charge in [-0.2, -0.15) is 0 Å². The van der Waals surface area contributed by atoms with Crippen molar-refractivity contribution in [1.82, 2.24) is 9.47 Å². The number of nitrogens with zero attached hydrogens (tertiary/aromatic N) is 2. The molecule has 1 aromatic heterocycles. The molecule has 0 aliphatic rings. The Balaban J connectivity index is 3.27. The minimum absolute atomic E-state index is 0.134. The van der Waals surface area contributed by atoms with Gasteiger partial charge >= 0.3 is 5.97 Å². The van der Waals surface area contributed by atoms with E-state index in [1.807, 2.05) is 6.92 Å². The number of aromatic carboxylic acids is 1. The Hall–Kier alpha value is -2.11. The van der Waals surface area contributed by atoms with E-state index in [4.69, 9.17) is 5.11 Å². The molecule has 0 aromatic carbocycles. The number of carboxylic acid groups (broad SMARTS) is 1. The molecule has 0 aliphatic carbocycles. The molecule has 0 spiro atoms. The molecule has 6 heteroatoms. The predicted molar refractivity (Wildman–Crippen MR) is 70.4 cm³/mol.